The number of rotatable bonds is 4. The van der Waals surface area contributed by atoms with E-state index in [4.69, 9.17) is 5.73 Å². The molecule has 1 aromatic heterocycles. The number of nitrogens with two attached hydrogens (primary N) is 1. The third kappa shape index (κ3) is 3.20. The molecule has 0 aliphatic rings. The van der Waals surface area contributed by atoms with Crippen LogP contribution in [0.25, 0.3) is 0 Å². The summed E-state index contributed by atoms with van der Waals surface area (Å²) in [6, 6.07) is 9.77. The first-order valence-corrected chi connectivity index (χ1v) is 7.52. The van der Waals surface area contributed by atoms with Gasteiger partial charge in [-0.1, -0.05) is 12.1 Å². The number of carbonyl (C=O) groups is 1. The van der Waals surface area contributed by atoms with Crippen LogP contribution in [0.15, 0.2) is 35.7 Å². The molecule has 0 unspecified atom stereocenters. The summed E-state index contributed by atoms with van der Waals surface area (Å²) in [7, 11) is 1.84. The number of amides is 1. The van der Waals surface area contributed by atoms with Crippen molar-refractivity contribution >= 4 is 22.9 Å². The van der Waals surface area contributed by atoms with Crippen LogP contribution in [0.2, 0.25) is 0 Å². The molecule has 0 saturated heterocycles. The molecule has 1 atom stereocenters. The van der Waals surface area contributed by atoms with Gasteiger partial charge in [0.15, 0.2) is 0 Å². The Kier molecular flexibility index (Phi) is 4.45. The molecular formula is C16H20N2OS. The maximum Gasteiger partial charge on any atom is 0.253 e. The van der Waals surface area contributed by atoms with Crippen LogP contribution in [-0.4, -0.2) is 23.9 Å². The van der Waals surface area contributed by atoms with Gasteiger partial charge in [-0.05, 0) is 43.0 Å². The lowest BCUT2D eigenvalue weighted by atomic mass is 10.1. The predicted octanol–water partition coefficient (Wildman–Crippen LogP) is 3.34. The summed E-state index contributed by atoms with van der Waals surface area (Å²) >= 11 is 1.72. The monoisotopic (exact) mass is 288 g/mol. The summed E-state index contributed by atoms with van der Waals surface area (Å²) < 4.78 is 0. The van der Waals surface area contributed by atoms with Gasteiger partial charge in [-0.2, -0.15) is 0 Å². The molecule has 0 saturated carbocycles. The van der Waals surface area contributed by atoms with Gasteiger partial charge in [0.2, 0.25) is 0 Å². The van der Waals surface area contributed by atoms with E-state index in [1.54, 1.807) is 22.3 Å². The predicted molar refractivity (Wildman–Crippen MR) is 85.2 cm³/mol. The molecule has 0 bridgehead atoms. The zero-order valence-electron chi connectivity index (χ0n) is 12.1. The zero-order valence-corrected chi connectivity index (χ0v) is 12.9. The molecule has 3 nitrogen and oxygen atoms in total. The van der Waals surface area contributed by atoms with E-state index in [-0.39, 0.29) is 11.9 Å². The number of aryl methyl sites for hydroxylation is 1. The Balaban J connectivity index is 2.09. The first-order chi connectivity index (χ1) is 9.49. The lowest BCUT2D eigenvalue weighted by Gasteiger charge is -2.25. The van der Waals surface area contributed by atoms with E-state index in [9.17, 15) is 4.79 Å². The first-order valence-electron chi connectivity index (χ1n) is 6.64. The van der Waals surface area contributed by atoms with E-state index in [2.05, 4.69) is 18.4 Å². The Morgan fingerprint density at radius 2 is 2.15 bits per heavy atom. The van der Waals surface area contributed by atoms with E-state index >= 15 is 0 Å². The number of thiophene rings is 1. The zero-order chi connectivity index (χ0) is 14.7. The topological polar surface area (TPSA) is 46.3 Å². The molecular weight excluding hydrogens is 268 g/mol. The average Bonchev–Trinajstić information content (AvgIpc) is 2.93. The molecule has 1 aromatic carbocycles. The molecule has 106 valence electrons. The minimum absolute atomic E-state index is 0.0146. The van der Waals surface area contributed by atoms with Gasteiger partial charge in [-0.25, -0.2) is 0 Å². The molecule has 0 aliphatic heterocycles. The number of hydrogen-bond acceptors (Lipinski definition) is 3. The van der Waals surface area contributed by atoms with Crippen LogP contribution in [0.1, 0.15) is 27.7 Å². The Bertz CT molecular complexity index is 593. The number of nitrogens with zero attached hydrogens (tertiary/aromatic N) is 1. The van der Waals surface area contributed by atoms with Crippen LogP contribution < -0.4 is 5.73 Å². The van der Waals surface area contributed by atoms with Crippen molar-refractivity contribution in [1.82, 2.24) is 4.90 Å². The number of carbonyl (C=O) groups excluding carboxylic acids is 1. The number of anilines is 1. The van der Waals surface area contributed by atoms with Crippen LogP contribution in [0.4, 0.5) is 5.69 Å². The third-order valence-corrected chi connectivity index (χ3v) is 4.48. The minimum Gasteiger partial charge on any atom is -0.398 e. The van der Waals surface area contributed by atoms with E-state index in [1.807, 2.05) is 32.2 Å². The summed E-state index contributed by atoms with van der Waals surface area (Å²) in [5.74, 6) is 0.0146. The molecule has 2 rings (SSSR count). The highest BCUT2D eigenvalue weighted by Crippen LogP contribution is 2.17. The molecule has 1 heterocycles. The maximum absolute atomic E-state index is 12.5. The highest BCUT2D eigenvalue weighted by atomic mass is 32.1. The highest BCUT2D eigenvalue weighted by Gasteiger charge is 2.18. The van der Waals surface area contributed by atoms with Crippen molar-refractivity contribution in [1.29, 1.82) is 0 Å². The second-order valence-electron chi connectivity index (χ2n) is 5.12. The first kappa shape index (κ1) is 14.6. The summed E-state index contributed by atoms with van der Waals surface area (Å²) in [4.78, 5) is 15.5. The van der Waals surface area contributed by atoms with E-state index < -0.39 is 0 Å². The standard InChI is InChI=1S/C16H20N2OS/c1-11-6-7-13(10-15(11)17)16(19)18(3)12(2)9-14-5-4-8-20-14/h4-8,10,12H,9,17H2,1-3H3/t12-/m0/s1. The van der Waals surface area contributed by atoms with Crippen LogP contribution in [0.5, 0.6) is 0 Å². The quantitative estimate of drug-likeness (QED) is 0.877. The van der Waals surface area contributed by atoms with Crippen molar-refractivity contribution in [3.05, 3.63) is 51.7 Å². The fraction of sp³-hybridized carbons (Fsp3) is 0.312. The van der Waals surface area contributed by atoms with Gasteiger partial charge in [0.25, 0.3) is 5.91 Å². The summed E-state index contributed by atoms with van der Waals surface area (Å²) in [6.45, 7) is 4.00. The number of hydrogen-bond donors (Lipinski definition) is 1. The lowest BCUT2D eigenvalue weighted by Crippen LogP contribution is -2.36. The number of likely N-dealkylation sites (N-methyl/N-ethyl adjacent to an activating group) is 1. The average molecular weight is 288 g/mol. The third-order valence-electron chi connectivity index (χ3n) is 3.58. The molecule has 2 N–H and O–H groups in total. The second-order valence-corrected chi connectivity index (χ2v) is 6.15. The number of nitrogen functional groups attached to an aromatic ring is 1. The maximum atomic E-state index is 12.5. The van der Waals surface area contributed by atoms with Crippen molar-refractivity contribution in [2.45, 2.75) is 26.3 Å². The smallest absolute Gasteiger partial charge is 0.253 e. The van der Waals surface area contributed by atoms with Crippen LogP contribution >= 0.6 is 11.3 Å². The Morgan fingerprint density at radius 1 is 1.40 bits per heavy atom. The normalized spacial score (nSPS) is 12.2. The van der Waals surface area contributed by atoms with Crippen molar-refractivity contribution in [2.75, 3.05) is 12.8 Å². The van der Waals surface area contributed by atoms with Gasteiger partial charge in [0, 0.05) is 35.6 Å². The minimum atomic E-state index is 0.0146. The van der Waals surface area contributed by atoms with Gasteiger partial charge in [0.1, 0.15) is 0 Å². The largest absolute Gasteiger partial charge is 0.398 e. The molecule has 1 amide bonds. The Morgan fingerprint density at radius 3 is 2.75 bits per heavy atom. The van der Waals surface area contributed by atoms with Gasteiger partial charge in [0.05, 0.1) is 0 Å². The van der Waals surface area contributed by atoms with Crippen LogP contribution in [-0.2, 0) is 6.42 Å². The van der Waals surface area contributed by atoms with E-state index in [1.165, 1.54) is 4.88 Å². The van der Waals surface area contributed by atoms with Crippen molar-refractivity contribution < 1.29 is 4.79 Å². The highest BCUT2D eigenvalue weighted by molar-refractivity contribution is 7.09. The van der Waals surface area contributed by atoms with Crippen molar-refractivity contribution in [2.24, 2.45) is 0 Å². The number of benzene rings is 1. The molecule has 4 heteroatoms. The fourth-order valence-corrected chi connectivity index (χ4v) is 2.86. The lowest BCUT2D eigenvalue weighted by molar-refractivity contribution is 0.0744. The summed E-state index contributed by atoms with van der Waals surface area (Å²) in [6.07, 6.45) is 0.876. The SMILES string of the molecule is Cc1ccc(C(=O)N(C)[C@@H](C)Cc2cccs2)cc1N. The van der Waals surface area contributed by atoms with Crippen molar-refractivity contribution in [3.63, 3.8) is 0 Å². The van der Waals surface area contributed by atoms with Gasteiger partial charge >= 0.3 is 0 Å². The fourth-order valence-electron chi connectivity index (χ4n) is 2.03. The van der Waals surface area contributed by atoms with Crippen LogP contribution in [0.3, 0.4) is 0 Å². The molecule has 0 radical (unpaired) electrons. The molecule has 0 aliphatic carbocycles. The second kappa shape index (κ2) is 6.09. The van der Waals surface area contributed by atoms with Gasteiger partial charge in [-0.3, -0.25) is 4.79 Å². The Hall–Kier alpha value is -1.81. The summed E-state index contributed by atoms with van der Waals surface area (Å²) in [5, 5.41) is 2.06. The molecule has 20 heavy (non-hydrogen) atoms. The van der Waals surface area contributed by atoms with Gasteiger partial charge in [-0.15, -0.1) is 11.3 Å². The summed E-state index contributed by atoms with van der Waals surface area (Å²) in [5.41, 5.74) is 8.18. The van der Waals surface area contributed by atoms with E-state index in [0.29, 0.717) is 11.3 Å². The van der Waals surface area contributed by atoms with Gasteiger partial charge < -0.3 is 10.6 Å². The molecule has 2 aromatic rings. The van der Waals surface area contributed by atoms with E-state index in [0.717, 1.165) is 12.0 Å². The van der Waals surface area contributed by atoms with Crippen LogP contribution in [0, 0.1) is 6.92 Å². The molecule has 0 fully saturated rings. The van der Waals surface area contributed by atoms with Crippen molar-refractivity contribution in [3.8, 4) is 0 Å². The molecule has 0 spiro atoms. The Labute approximate surface area is 124 Å².